The number of carbonyl (C=O) groups is 2. The summed E-state index contributed by atoms with van der Waals surface area (Å²) in [6.07, 6.45) is 1.58. The van der Waals surface area contributed by atoms with Crippen molar-refractivity contribution in [1.82, 2.24) is 9.99 Å². The Bertz CT molecular complexity index is 1180. The second kappa shape index (κ2) is 9.82. The van der Waals surface area contributed by atoms with Crippen molar-refractivity contribution in [1.29, 1.82) is 0 Å². The van der Waals surface area contributed by atoms with Crippen LogP contribution in [0.25, 0.3) is 5.69 Å². The molecule has 0 saturated heterocycles. The number of hydrogen-bond acceptors (Lipinski definition) is 4. The first-order chi connectivity index (χ1) is 15.3. The van der Waals surface area contributed by atoms with Crippen LogP contribution in [0.2, 0.25) is 0 Å². The van der Waals surface area contributed by atoms with Crippen LogP contribution in [-0.4, -0.2) is 34.5 Å². The van der Waals surface area contributed by atoms with Crippen LogP contribution in [-0.2, 0) is 0 Å². The highest BCUT2D eigenvalue weighted by Crippen LogP contribution is 2.24. The maximum atomic E-state index is 12.2. The second-order valence-corrected chi connectivity index (χ2v) is 7.22. The third kappa shape index (κ3) is 4.97. The molecule has 0 aliphatic carbocycles. The number of anilines is 1. The quantitative estimate of drug-likeness (QED) is 0.372. The fourth-order valence-corrected chi connectivity index (χ4v) is 3.49. The number of amides is 2. The molecule has 32 heavy (non-hydrogen) atoms. The van der Waals surface area contributed by atoms with Crippen LogP contribution in [0.5, 0.6) is 5.75 Å². The van der Waals surface area contributed by atoms with E-state index >= 15 is 0 Å². The number of hydrazone groups is 1. The number of carboxylic acids is 1. The van der Waals surface area contributed by atoms with E-state index in [-0.39, 0.29) is 5.56 Å². The average molecular weight is 434 g/mol. The Kier molecular flexibility index (Phi) is 6.94. The van der Waals surface area contributed by atoms with Gasteiger partial charge in [0.15, 0.2) is 0 Å². The third-order valence-corrected chi connectivity index (χ3v) is 4.96. The minimum atomic E-state index is -0.957. The summed E-state index contributed by atoms with van der Waals surface area (Å²) in [5, 5.41) is 16.0. The normalized spacial score (nSPS) is 10.9. The molecule has 0 aliphatic rings. The van der Waals surface area contributed by atoms with Gasteiger partial charge in [0.25, 0.3) is 0 Å². The molecule has 0 atom stereocenters. The van der Waals surface area contributed by atoms with Gasteiger partial charge in [0.2, 0.25) is 0 Å². The summed E-state index contributed by atoms with van der Waals surface area (Å²) in [7, 11) is 0. The van der Waals surface area contributed by atoms with E-state index in [0.29, 0.717) is 18.0 Å². The fourth-order valence-electron chi connectivity index (χ4n) is 3.49. The Morgan fingerprint density at radius 3 is 2.56 bits per heavy atom. The summed E-state index contributed by atoms with van der Waals surface area (Å²) in [6, 6.07) is 13.7. The number of carboxylic acid groups (broad SMARTS) is 1. The highest BCUT2D eigenvalue weighted by atomic mass is 16.5. The lowest BCUT2D eigenvalue weighted by molar-refractivity contribution is 0.0696. The van der Waals surface area contributed by atoms with Crippen molar-refractivity contribution < 1.29 is 19.4 Å². The van der Waals surface area contributed by atoms with Crippen molar-refractivity contribution in [2.75, 3.05) is 11.9 Å². The molecule has 8 heteroatoms. The highest BCUT2D eigenvalue weighted by Gasteiger charge is 2.13. The van der Waals surface area contributed by atoms with Gasteiger partial charge < -0.3 is 19.7 Å². The zero-order valence-corrected chi connectivity index (χ0v) is 18.5. The van der Waals surface area contributed by atoms with Gasteiger partial charge in [-0.1, -0.05) is 12.1 Å². The maximum Gasteiger partial charge on any atom is 0.339 e. The summed E-state index contributed by atoms with van der Waals surface area (Å²) in [4.78, 5) is 23.4. The van der Waals surface area contributed by atoms with Crippen LogP contribution in [0.1, 0.15) is 39.8 Å². The monoisotopic (exact) mass is 434 g/mol. The van der Waals surface area contributed by atoms with Gasteiger partial charge in [0.05, 0.1) is 24.1 Å². The molecule has 1 heterocycles. The smallest absolute Gasteiger partial charge is 0.339 e. The Balaban J connectivity index is 1.74. The minimum absolute atomic E-state index is 0.247. The summed E-state index contributed by atoms with van der Waals surface area (Å²) in [5.41, 5.74) is 7.72. The average Bonchev–Trinajstić information content (AvgIpc) is 3.03. The number of rotatable bonds is 7. The number of aryl methyl sites for hydroxylation is 2. The number of para-hydroxylation sites is 2. The van der Waals surface area contributed by atoms with E-state index < -0.39 is 12.0 Å². The zero-order valence-electron chi connectivity index (χ0n) is 18.5. The zero-order chi connectivity index (χ0) is 23.3. The van der Waals surface area contributed by atoms with E-state index in [1.54, 1.807) is 42.6 Å². The van der Waals surface area contributed by atoms with Gasteiger partial charge in [0.1, 0.15) is 5.75 Å². The van der Waals surface area contributed by atoms with E-state index in [2.05, 4.69) is 15.8 Å². The lowest BCUT2D eigenvalue weighted by Gasteiger charge is -2.13. The number of aromatic carboxylic acids is 1. The first-order valence-corrected chi connectivity index (χ1v) is 10.2. The van der Waals surface area contributed by atoms with Gasteiger partial charge in [-0.3, -0.25) is 0 Å². The first kappa shape index (κ1) is 22.6. The van der Waals surface area contributed by atoms with Crippen LogP contribution >= 0.6 is 0 Å². The summed E-state index contributed by atoms with van der Waals surface area (Å²) in [5.74, 6) is -0.372. The van der Waals surface area contributed by atoms with Crippen molar-refractivity contribution in [3.8, 4) is 11.4 Å². The molecular formula is C24H26N4O4. The van der Waals surface area contributed by atoms with Gasteiger partial charge in [0, 0.05) is 22.6 Å². The Morgan fingerprint density at radius 2 is 1.88 bits per heavy atom. The number of benzene rings is 2. The van der Waals surface area contributed by atoms with Crippen molar-refractivity contribution in [2.24, 2.45) is 5.10 Å². The molecule has 0 saturated carbocycles. The molecular weight excluding hydrogens is 408 g/mol. The molecule has 8 nitrogen and oxygen atoms in total. The predicted octanol–water partition coefficient (Wildman–Crippen LogP) is 4.66. The number of nitrogens with zero attached hydrogens (tertiary/aromatic N) is 2. The fraction of sp³-hybridized carbons (Fsp3) is 0.208. The van der Waals surface area contributed by atoms with Crippen LogP contribution in [0.3, 0.4) is 0 Å². The topological polar surface area (TPSA) is 105 Å². The largest absolute Gasteiger partial charge is 0.492 e. The molecule has 3 aromatic rings. The molecule has 0 radical (unpaired) electrons. The van der Waals surface area contributed by atoms with E-state index in [1.165, 1.54) is 0 Å². The standard InChI is InChI=1S/C24H26N4O4/c1-5-32-22-9-7-6-8-20(22)26-24(31)27-25-14-19-13-16(3)28(17(19)4)21-11-10-18(23(29)30)12-15(21)2/h6-14H,5H2,1-4H3,(H,29,30)(H2,26,27,31)/b25-14+. The van der Waals surface area contributed by atoms with Crippen LogP contribution < -0.4 is 15.5 Å². The number of urea groups is 1. The summed E-state index contributed by atoms with van der Waals surface area (Å²) in [6.45, 7) is 8.14. The molecule has 1 aromatic heterocycles. The van der Waals surface area contributed by atoms with E-state index in [0.717, 1.165) is 28.2 Å². The van der Waals surface area contributed by atoms with Gasteiger partial charge >= 0.3 is 12.0 Å². The third-order valence-electron chi connectivity index (χ3n) is 4.96. The van der Waals surface area contributed by atoms with Crippen molar-refractivity contribution in [3.63, 3.8) is 0 Å². The maximum absolute atomic E-state index is 12.2. The highest BCUT2D eigenvalue weighted by molar-refractivity contribution is 5.92. The predicted molar refractivity (Wildman–Crippen MR) is 124 cm³/mol. The van der Waals surface area contributed by atoms with Gasteiger partial charge in [-0.05, 0) is 69.7 Å². The molecule has 0 spiro atoms. The number of ether oxygens (including phenoxy) is 1. The molecule has 0 unspecified atom stereocenters. The van der Waals surface area contributed by atoms with Crippen molar-refractivity contribution in [2.45, 2.75) is 27.7 Å². The van der Waals surface area contributed by atoms with E-state index in [9.17, 15) is 14.7 Å². The molecule has 166 valence electrons. The number of hydrogen-bond donors (Lipinski definition) is 3. The number of nitrogens with one attached hydrogen (secondary N) is 2. The lowest BCUT2D eigenvalue weighted by Crippen LogP contribution is -2.24. The number of carbonyl (C=O) groups excluding carboxylic acids is 1. The van der Waals surface area contributed by atoms with Gasteiger partial charge in [-0.25, -0.2) is 15.0 Å². The molecule has 3 N–H and O–H groups in total. The number of aromatic nitrogens is 1. The SMILES string of the molecule is CCOc1ccccc1NC(=O)N/N=C/c1cc(C)n(-c2ccc(C(=O)O)cc2C)c1C. The first-order valence-electron chi connectivity index (χ1n) is 10.2. The lowest BCUT2D eigenvalue weighted by atomic mass is 10.1. The van der Waals surface area contributed by atoms with Crippen molar-refractivity contribution in [3.05, 3.63) is 76.6 Å². The van der Waals surface area contributed by atoms with Crippen LogP contribution in [0, 0.1) is 20.8 Å². The molecule has 3 rings (SSSR count). The van der Waals surface area contributed by atoms with Crippen molar-refractivity contribution >= 4 is 23.9 Å². The van der Waals surface area contributed by atoms with Gasteiger partial charge in [-0.2, -0.15) is 5.10 Å². The molecule has 2 aromatic carbocycles. The summed E-state index contributed by atoms with van der Waals surface area (Å²) >= 11 is 0. The Hall–Kier alpha value is -4.07. The van der Waals surface area contributed by atoms with E-state index in [1.807, 2.05) is 44.4 Å². The van der Waals surface area contributed by atoms with Crippen LogP contribution in [0.4, 0.5) is 10.5 Å². The summed E-state index contributed by atoms with van der Waals surface area (Å²) < 4.78 is 7.53. The van der Waals surface area contributed by atoms with Gasteiger partial charge in [-0.15, -0.1) is 0 Å². The van der Waals surface area contributed by atoms with Crippen LogP contribution in [0.15, 0.2) is 53.6 Å². The molecule has 0 bridgehead atoms. The second-order valence-electron chi connectivity index (χ2n) is 7.22. The molecule has 0 fully saturated rings. The minimum Gasteiger partial charge on any atom is -0.492 e. The molecule has 0 aliphatic heterocycles. The Morgan fingerprint density at radius 1 is 1.12 bits per heavy atom. The Labute approximate surface area is 186 Å². The molecule has 2 amide bonds. The van der Waals surface area contributed by atoms with E-state index in [4.69, 9.17) is 4.74 Å².